The van der Waals surface area contributed by atoms with Crippen LogP contribution in [0.4, 0.5) is 5.69 Å². The number of likely N-dealkylation sites (N-methyl/N-ethyl adjacent to an activating group) is 1. The number of anilines is 1. The van der Waals surface area contributed by atoms with Gasteiger partial charge in [-0.2, -0.15) is 0 Å². The highest BCUT2D eigenvalue weighted by Gasteiger charge is 2.36. The van der Waals surface area contributed by atoms with Crippen molar-refractivity contribution >= 4 is 19.9 Å². The van der Waals surface area contributed by atoms with Gasteiger partial charge in [-0.05, 0) is 55.6 Å². The van der Waals surface area contributed by atoms with Crippen molar-refractivity contribution in [3.8, 4) is 0 Å². The second-order valence-electron chi connectivity index (χ2n) is 7.72. The van der Waals surface area contributed by atoms with E-state index in [1.54, 1.807) is 4.90 Å². The quantitative estimate of drug-likeness (QED) is 0.570. The van der Waals surface area contributed by atoms with E-state index in [0.29, 0.717) is 6.54 Å². The van der Waals surface area contributed by atoms with Crippen LogP contribution in [0, 0.1) is 0 Å². The van der Waals surface area contributed by atoms with Gasteiger partial charge in [0.2, 0.25) is 5.91 Å². The van der Waals surface area contributed by atoms with Crippen molar-refractivity contribution in [2.24, 2.45) is 5.73 Å². The van der Waals surface area contributed by atoms with E-state index in [0.717, 1.165) is 25.1 Å². The highest BCUT2D eigenvalue weighted by atomic mass is 28.4. The van der Waals surface area contributed by atoms with Gasteiger partial charge < -0.3 is 15.1 Å². The van der Waals surface area contributed by atoms with Gasteiger partial charge in [-0.1, -0.05) is 32.9 Å². The number of hydrogen-bond acceptors (Lipinski definition) is 3. The lowest BCUT2D eigenvalue weighted by Gasteiger charge is -2.36. The number of carbonyl (C=O) groups excluding carboxylic acids is 1. The molecule has 0 bridgehead atoms. The van der Waals surface area contributed by atoms with Gasteiger partial charge >= 0.3 is 0 Å². The third-order valence-electron chi connectivity index (χ3n) is 4.89. The van der Waals surface area contributed by atoms with Crippen LogP contribution in [-0.2, 0) is 15.6 Å². The molecule has 1 amide bonds. The minimum Gasteiger partial charge on any atom is -0.417 e. The van der Waals surface area contributed by atoms with Crippen LogP contribution in [0.2, 0.25) is 18.1 Å². The Morgan fingerprint density at radius 1 is 1.29 bits per heavy atom. The number of nitrogens with zero attached hydrogens (tertiary/aromatic N) is 1. The summed E-state index contributed by atoms with van der Waals surface area (Å²) < 4.78 is 6.23. The van der Waals surface area contributed by atoms with Gasteiger partial charge in [0, 0.05) is 18.8 Å². The Morgan fingerprint density at radius 3 is 2.50 bits per heavy atom. The summed E-state index contributed by atoms with van der Waals surface area (Å²) in [6, 6.07) is 8.17. The third-order valence-corrected chi connectivity index (χ3v) is 9.43. The molecule has 0 atom stereocenters. The van der Waals surface area contributed by atoms with Crippen molar-refractivity contribution in [1.82, 2.24) is 0 Å². The number of carbonyl (C=O) groups is 1. The summed E-state index contributed by atoms with van der Waals surface area (Å²) in [5.41, 5.74) is 7.65. The molecular weight excluding hydrogens is 316 g/mol. The number of amides is 1. The van der Waals surface area contributed by atoms with Crippen molar-refractivity contribution in [3.05, 3.63) is 29.8 Å². The molecule has 1 rings (SSSR count). The summed E-state index contributed by atoms with van der Waals surface area (Å²) in [5, 5.41) is 0.247. The predicted octanol–water partition coefficient (Wildman–Crippen LogP) is 3.95. The first-order valence-corrected chi connectivity index (χ1v) is 11.8. The van der Waals surface area contributed by atoms with E-state index in [-0.39, 0.29) is 17.5 Å². The second-order valence-corrected chi connectivity index (χ2v) is 12.5. The number of hydrogen-bond donors (Lipinski definition) is 1. The Balaban J connectivity index is 2.61. The van der Waals surface area contributed by atoms with Gasteiger partial charge in [-0.3, -0.25) is 4.79 Å². The maximum absolute atomic E-state index is 11.9. The van der Waals surface area contributed by atoms with Gasteiger partial charge in [-0.25, -0.2) is 0 Å². The van der Waals surface area contributed by atoms with Crippen LogP contribution >= 0.6 is 0 Å². The van der Waals surface area contributed by atoms with Crippen LogP contribution in [0.5, 0.6) is 0 Å². The molecule has 0 aliphatic carbocycles. The molecule has 0 fully saturated rings. The summed E-state index contributed by atoms with van der Waals surface area (Å²) in [5.74, 6) is -0.0455. The molecule has 1 aromatic rings. The summed E-state index contributed by atoms with van der Waals surface area (Å²) in [7, 11) is -1.66. The fraction of sp³-hybridized carbons (Fsp3) is 0.632. The van der Waals surface area contributed by atoms with Crippen molar-refractivity contribution in [2.75, 3.05) is 24.6 Å². The zero-order valence-electron chi connectivity index (χ0n) is 16.2. The molecule has 0 heterocycles. The van der Waals surface area contributed by atoms with Crippen LogP contribution in [0.15, 0.2) is 24.3 Å². The van der Waals surface area contributed by atoms with Crippen LogP contribution in [0.25, 0.3) is 0 Å². The van der Waals surface area contributed by atoms with Crippen LogP contribution in [0.3, 0.4) is 0 Å². The highest BCUT2D eigenvalue weighted by Crippen LogP contribution is 2.36. The Labute approximate surface area is 148 Å². The first kappa shape index (κ1) is 20.9. The molecule has 136 valence electrons. The van der Waals surface area contributed by atoms with Gasteiger partial charge in [-0.15, -0.1) is 0 Å². The Hall–Kier alpha value is -1.17. The first-order chi connectivity index (χ1) is 11.1. The molecule has 1 aromatic carbocycles. The van der Waals surface area contributed by atoms with Crippen molar-refractivity contribution in [3.63, 3.8) is 0 Å². The van der Waals surface area contributed by atoms with E-state index in [1.165, 1.54) is 5.56 Å². The number of benzene rings is 1. The minimum atomic E-state index is -1.66. The SMILES string of the molecule is CCN(C(=O)CN)c1cccc(CCCO[Si](C)(C)C(C)(C)C)c1. The fourth-order valence-electron chi connectivity index (χ4n) is 2.31. The van der Waals surface area contributed by atoms with Crippen LogP contribution in [0.1, 0.15) is 39.7 Å². The van der Waals surface area contributed by atoms with Crippen LogP contribution in [-0.4, -0.2) is 33.9 Å². The van der Waals surface area contributed by atoms with E-state index in [4.69, 9.17) is 10.2 Å². The zero-order chi connectivity index (χ0) is 18.4. The molecule has 0 saturated carbocycles. The van der Waals surface area contributed by atoms with E-state index in [1.807, 2.05) is 19.1 Å². The van der Waals surface area contributed by atoms with Crippen LogP contribution < -0.4 is 10.6 Å². The molecule has 0 radical (unpaired) electrons. The molecule has 0 aliphatic heterocycles. The fourth-order valence-corrected chi connectivity index (χ4v) is 3.40. The number of nitrogens with two attached hydrogens (primary N) is 1. The average Bonchev–Trinajstić information content (AvgIpc) is 2.51. The smallest absolute Gasteiger partial charge is 0.240 e. The lowest BCUT2D eigenvalue weighted by atomic mass is 10.1. The Morgan fingerprint density at radius 2 is 1.96 bits per heavy atom. The van der Waals surface area contributed by atoms with Gasteiger partial charge in [0.05, 0.1) is 6.54 Å². The van der Waals surface area contributed by atoms with E-state index in [2.05, 4.69) is 46.0 Å². The summed E-state index contributed by atoms with van der Waals surface area (Å²) >= 11 is 0. The third kappa shape index (κ3) is 5.72. The average molecular weight is 351 g/mol. The van der Waals surface area contributed by atoms with Gasteiger partial charge in [0.25, 0.3) is 0 Å². The zero-order valence-corrected chi connectivity index (χ0v) is 17.2. The molecule has 0 saturated heterocycles. The molecule has 0 spiro atoms. The van der Waals surface area contributed by atoms with E-state index in [9.17, 15) is 4.79 Å². The topological polar surface area (TPSA) is 55.6 Å². The highest BCUT2D eigenvalue weighted by molar-refractivity contribution is 6.74. The summed E-state index contributed by atoms with van der Waals surface area (Å²) in [4.78, 5) is 13.6. The van der Waals surface area contributed by atoms with E-state index < -0.39 is 8.32 Å². The lowest BCUT2D eigenvalue weighted by Crippen LogP contribution is -2.41. The maximum Gasteiger partial charge on any atom is 0.240 e. The van der Waals surface area contributed by atoms with Gasteiger partial charge in [0.15, 0.2) is 8.32 Å². The molecule has 4 nitrogen and oxygen atoms in total. The monoisotopic (exact) mass is 350 g/mol. The standard InChI is InChI=1S/C19H34N2O2Si/c1-7-21(18(22)15-20)17-12-8-10-16(14-17)11-9-13-23-24(5,6)19(2,3)4/h8,10,12,14H,7,9,11,13,15,20H2,1-6H3. The lowest BCUT2D eigenvalue weighted by molar-refractivity contribution is -0.117. The minimum absolute atomic E-state index is 0.0401. The predicted molar refractivity (Wildman–Crippen MR) is 105 cm³/mol. The summed E-state index contributed by atoms with van der Waals surface area (Å²) in [6.07, 6.45) is 1.95. The molecule has 0 aromatic heterocycles. The summed E-state index contributed by atoms with van der Waals surface area (Å²) in [6.45, 7) is 14.8. The first-order valence-electron chi connectivity index (χ1n) is 8.85. The molecule has 24 heavy (non-hydrogen) atoms. The van der Waals surface area contributed by atoms with Gasteiger partial charge in [0.1, 0.15) is 0 Å². The number of rotatable bonds is 8. The van der Waals surface area contributed by atoms with Crippen molar-refractivity contribution in [1.29, 1.82) is 0 Å². The van der Waals surface area contributed by atoms with E-state index >= 15 is 0 Å². The van der Waals surface area contributed by atoms with Crippen molar-refractivity contribution in [2.45, 2.75) is 58.7 Å². The molecule has 2 N–H and O–H groups in total. The maximum atomic E-state index is 11.9. The largest absolute Gasteiger partial charge is 0.417 e. The molecular formula is C19H34N2O2Si. The Bertz CT molecular complexity index is 538. The molecule has 0 unspecified atom stereocenters. The normalized spacial score (nSPS) is 12.3. The second kappa shape index (κ2) is 8.79. The van der Waals surface area contributed by atoms with Crippen molar-refractivity contribution < 1.29 is 9.22 Å². The molecule has 5 heteroatoms. The molecule has 0 aliphatic rings. The Kier molecular flexibility index (Phi) is 7.64. The number of aryl methyl sites for hydroxylation is 1.